The highest BCUT2D eigenvalue weighted by Crippen LogP contribution is 2.23. The molecule has 9 nitrogen and oxygen atoms in total. The van der Waals surface area contributed by atoms with E-state index < -0.39 is 10.0 Å². The Morgan fingerprint density at radius 2 is 1.38 bits per heavy atom. The van der Waals surface area contributed by atoms with Crippen LogP contribution in [0.5, 0.6) is 0 Å². The minimum Gasteiger partial charge on any atom is -0.355 e. The van der Waals surface area contributed by atoms with E-state index in [1.165, 1.54) is 23.4 Å². The third-order valence-corrected chi connectivity index (χ3v) is 7.56. The molecule has 1 aromatic heterocycles. The average Bonchev–Trinajstić information content (AvgIpc) is 3.28. The summed E-state index contributed by atoms with van der Waals surface area (Å²) in [4.78, 5) is 19.2. The zero-order valence-electron chi connectivity index (χ0n) is 17.0. The summed E-state index contributed by atoms with van der Waals surface area (Å²) in [5.41, 5.74) is 0. The number of anilines is 2. The third-order valence-electron chi connectivity index (χ3n) is 6.25. The third kappa shape index (κ3) is 4.63. The zero-order chi connectivity index (χ0) is 20.4. The highest BCUT2D eigenvalue weighted by atomic mass is 32.2. The van der Waals surface area contributed by atoms with Gasteiger partial charge >= 0.3 is 0 Å². The summed E-state index contributed by atoms with van der Waals surface area (Å²) in [6.45, 7) is 5.80. The first-order valence-electron chi connectivity index (χ1n) is 10.5. The number of amides is 1. The second-order valence-electron chi connectivity index (χ2n) is 8.19. The van der Waals surface area contributed by atoms with Gasteiger partial charge in [-0.3, -0.25) is 4.79 Å². The average molecular weight is 423 g/mol. The standard InChI is InChI=1S/C19H30N6O3S/c1-29(27,28)25-10-6-16(7-11-25)19(26)24-14-12-23(13-15-24)18-5-4-17(20-21-18)22-8-2-3-9-22/h4-5,16H,2-3,6-15H2,1H3. The number of aromatic nitrogens is 2. The van der Waals surface area contributed by atoms with Gasteiger partial charge in [-0.15, -0.1) is 10.2 Å². The lowest BCUT2D eigenvalue weighted by molar-refractivity contribution is -0.137. The molecule has 1 aromatic rings. The number of carbonyl (C=O) groups is 1. The molecular weight excluding hydrogens is 392 g/mol. The van der Waals surface area contributed by atoms with E-state index in [2.05, 4.69) is 20.0 Å². The molecule has 0 saturated carbocycles. The van der Waals surface area contributed by atoms with E-state index in [9.17, 15) is 13.2 Å². The van der Waals surface area contributed by atoms with Gasteiger partial charge in [0.2, 0.25) is 15.9 Å². The highest BCUT2D eigenvalue weighted by Gasteiger charge is 2.32. The largest absolute Gasteiger partial charge is 0.355 e. The number of sulfonamides is 1. The van der Waals surface area contributed by atoms with Crippen LogP contribution in [0.2, 0.25) is 0 Å². The Morgan fingerprint density at radius 1 is 0.862 bits per heavy atom. The molecule has 0 spiro atoms. The SMILES string of the molecule is CS(=O)(=O)N1CCC(C(=O)N2CCN(c3ccc(N4CCCC4)nn3)CC2)CC1. The lowest BCUT2D eigenvalue weighted by Gasteiger charge is -2.38. The molecule has 160 valence electrons. The van der Waals surface area contributed by atoms with Crippen molar-refractivity contribution in [3.05, 3.63) is 12.1 Å². The fourth-order valence-corrected chi connectivity index (χ4v) is 5.32. The Hall–Kier alpha value is -1.94. The van der Waals surface area contributed by atoms with Gasteiger partial charge in [0.15, 0.2) is 11.6 Å². The van der Waals surface area contributed by atoms with Crippen molar-refractivity contribution in [1.29, 1.82) is 0 Å². The number of piperidine rings is 1. The van der Waals surface area contributed by atoms with E-state index in [0.29, 0.717) is 39.0 Å². The van der Waals surface area contributed by atoms with Crippen LogP contribution in [0.4, 0.5) is 11.6 Å². The Balaban J connectivity index is 1.27. The summed E-state index contributed by atoms with van der Waals surface area (Å²) in [5, 5.41) is 8.80. The summed E-state index contributed by atoms with van der Waals surface area (Å²) in [6, 6.07) is 4.07. The molecule has 0 aliphatic carbocycles. The molecule has 3 saturated heterocycles. The predicted octanol–water partition coefficient (Wildman–Crippen LogP) is 0.397. The first-order valence-corrected chi connectivity index (χ1v) is 12.3. The first-order chi connectivity index (χ1) is 13.9. The number of hydrogen-bond acceptors (Lipinski definition) is 7. The molecule has 3 fully saturated rings. The van der Waals surface area contributed by atoms with Crippen molar-refractivity contribution in [2.45, 2.75) is 25.7 Å². The molecule has 3 aliphatic heterocycles. The monoisotopic (exact) mass is 422 g/mol. The molecular formula is C19H30N6O3S. The van der Waals surface area contributed by atoms with Crippen molar-refractivity contribution in [3.63, 3.8) is 0 Å². The second kappa shape index (κ2) is 8.43. The van der Waals surface area contributed by atoms with Crippen molar-refractivity contribution in [2.75, 3.05) is 68.4 Å². The summed E-state index contributed by atoms with van der Waals surface area (Å²) < 4.78 is 24.8. The molecule has 10 heteroatoms. The van der Waals surface area contributed by atoms with Crippen LogP contribution in [0.15, 0.2) is 12.1 Å². The summed E-state index contributed by atoms with van der Waals surface area (Å²) in [7, 11) is -3.16. The summed E-state index contributed by atoms with van der Waals surface area (Å²) in [6.07, 6.45) is 4.87. The zero-order valence-corrected chi connectivity index (χ0v) is 17.9. The van der Waals surface area contributed by atoms with Crippen molar-refractivity contribution in [2.24, 2.45) is 5.92 Å². The fourth-order valence-electron chi connectivity index (χ4n) is 4.45. The maximum Gasteiger partial charge on any atom is 0.225 e. The molecule has 3 aliphatic rings. The minimum atomic E-state index is -3.16. The maximum atomic E-state index is 12.9. The number of rotatable bonds is 4. The van der Waals surface area contributed by atoms with E-state index >= 15 is 0 Å². The van der Waals surface area contributed by atoms with Gasteiger partial charge < -0.3 is 14.7 Å². The maximum absolute atomic E-state index is 12.9. The first kappa shape index (κ1) is 20.3. The van der Waals surface area contributed by atoms with Crippen molar-refractivity contribution < 1.29 is 13.2 Å². The van der Waals surface area contributed by atoms with Gasteiger partial charge in [0.1, 0.15) is 0 Å². The van der Waals surface area contributed by atoms with Crippen molar-refractivity contribution >= 4 is 27.6 Å². The van der Waals surface area contributed by atoms with E-state index in [4.69, 9.17) is 0 Å². The van der Waals surface area contributed by atoms with Crippen LogP contribution in [-0.2, 0) is 14.8 Å². The van der Waals surface area contributed by atoms with E-state index in [0.717, 1.165) is 37.8 Å². The Morgan fingerprint density at radius 3 is 1.86 bits per heavy atom. The van der Waals surface area contributed by atoms with E-state index in [1.54, 1.807) is 0 Å². The van der Waals surface area contributed by atoms with Crippen LogP contribution in [0, 0.1) is 5.92 Å². The molecule has 0 radical (unpaired) electrons. The molecule has 0 unspecified atom stereocenters. The smallest absolute Gasteiger partial charge is 0.225 e. The van der Waals surface area contributed by atoms with Crippen LogP contribution in [0.25, 0.3) is 0 Å². The predicted molar refractivity (Wildman–Crippen MR) is 111 cm³/mol. The highest BCUT2D eigenvalue weighted by molar-refractivity contribution is 7.88. The lowest BCUT2D eigenvalue weighted by Crippen LogP contribution is -2.52. The topological polar surface area (TPSA) is 90.0 Å². The molecule has 4 heterocycles. The van der Waals surface area contributed by atoms with Gasteiger partial charge in [-0.05, 0) is 37.8 Å². The van der Waals surface area contributed by atoms with Gasteiger partial charge in [-0.1, -0.05) is 0 Å². The normalized spacial score (nSPS) is 22.3. The van der Waals surface area contributed by atoms with Gasteiger partial charge in [0, 0.05) is 58.3 Å². The quantitative estimate of drug-likeness (QED) is 0.694. The Labute approximate surface area is 172 Å². The number of carbonyl (C=O) groups excluding carboxylic acids is 1. The molecule has 0 bridgehead atoms. The van der Waals surface area contributed by atoms with Gasteiger partial charge in [-0.2, -0.15) is 0 Å². The minimum absolute atomic E-state index is 0.0703. The number of hydrogen-bond donors (Lipinski definition) is 0. The second-order valence-corrected chi connectivity index (χ2v) is 10.2. The molecule has 0 atom stereocenters. The molecule has 29 heavy (non-hydrogen) atoms. The van der Waals surface area contributed by atoms with Crippen LogP contribution in [0.3, 0.4) is 0 Å². The Bertz CT molecular complexity index is 809. The lowest BCUT2D eigenvalue weighted by atomic mass is 9.96. The van der Waals surface area contributed by atoms with Crippen molar-refractivity contribution in [3.8, 4) is 0 Å². The van der Waals surface area contributed by atoms with Crippen LogP contribution in [-0.4, -0.2) is 92.3 Å². The Kier molecular flexibility index (Phi) is 5.91. The molecule has 4 rings (SSSR count). The van der Waals surface area contributed by atoms with Crippen molar-refractivity contribution in [1.82, 2.24) is 19.4 Å². The van der Waals surface area contributed by atoms with Crippen LogP contribution in [0.1, 0.15) is 25.7 Å². The summed E-state index contributed by atoms with van der Waals surface area (Å²) in [5.74, 6) is 1.90. The molecule has 0 N–H and O–H groups in total. The number of nitrogens with zero attached hydrogens (tertiary/aromatic N) is 6. The molecule has 1 amide bonds. The molecule has 0 aromatic carbocycles. The van der Waals surface area contributed by atoms with E-state index in [1.807, 2.05) is 17.0 Å². The number of piperazine rings is 1. The fraction of sp³-hybridized carbons (Fsp3) is 0.737. The van der Waals surface area contributed by atoms with Gasteiger partial charge in [0.05, 0.1) is 6.26 Å². The van der Waals surface area contributed by atoms with Gasteiger partial charge in [0.25, 0.3) is 0 Å². The van der Waals surface area contributed by atoms with Crippen LogP contribution >= 0.6 is 0 Å². The summed E-state index contributed by atoms with van der Waals surface area (Å²) >= 11 is 0. The van der Waals surface area contributed by atoms with E-state index in [-0.39, 0.29) is 11.8 Å². The van der Waals surface area contributed by atoms with Crippen LogP contribution < -0.4 is 9.80 Å². The van der Waals surface area contributed by atoms with Gasteiger partial charge in [-0.25, -0.2) is 12.7 Å².